The Morgan fingerprint density at radius 1 is 1.17 bits per heavy atom. The lowest BCUT2D eigenvalue weighted by atomic mass is 10.1. The van der Waals surface area contributed by atoms with E-state index in [1.165, 1.54) is 0 Å². The third kappa shape index (κ3) is 3.31. The quantitative estimate of drug-likeness (QED) is 0.870. The fourth-order valence-electron chi connectivity index (χ4n) is 2.96. The molecule has 1 aliphatic heterocycles. The van der Waals surface area contributed by atoms with Gasteiger partial charge in [0.2, 0.25) is 0 Å². The second kappa shape index (κ2) is 6.73. The molecule has 1 aliphatic rings. The van der Waals surface area contributed by atoms with E-state index < -0.39 is 0 Å². The van der Waals surface area contributed by atoms with Crippen molar-refractivity contribution >= 4 is 11.6 Å². The topological polar surface area (TPSA) is 32.8 Å². The lowest BCUT2D eigenvalue weighted by molar-refractivity contribution is 0.0709. The van der Waals surface area contributed by atoms with E-state index in [9.17, 15) is 4.79 Å². The molecule has 120 valence electrons. The Kier molecular flexibility index (Phi) is 4.51. The average molecular weight is 310 g/mol. The van der Waals surface area contributed by atoms with Crippen LogP contribution in [0.2, 0.25) is 0 Å². The van der Waals surface area contributed by atoms with Crippen molar-refractivity contribution in [2.75, 3.05) is 31.6 Å². The minimum Gasteiger partial charge on any atom is -0.485 e. The maximum Gasteiger partial charge on any atom is 0.253 e. The van der Waals surface area contributed by atoms with Gasteiger partial charge >= 0.3 is 0 Å². The first-order valence-electron chi connectivity index (χ1n) is 8.00. The van der Waals surface area contributed by atoms with Gasteiger partial charge in [-0.1, -0.05) is 30.3 Å². The maximum atomic E-state index is 12.5. The largest absolute Gasteiger partial charge is 0.485 e. The second-order valence-corrected chi connectivity index (χ2v) is 5.80. The van der Waals surface area contributed by atoms with Crippen molar-refractivity contribution in [1.82, 2.24) is 4.90 Å². The van der Waals surface area contributed by atoms with E-state index in [0.29, 0.717) is 12.1 Å². The number of hydrogen-bond donors (Lipinski definition) is 0. The van der Waals surface area contributed by atoms with Crippen molar-refractivity contribution in [2.45, 2.75) is 13.0 Å². The summed E-state index contributed by atoms with van der Waals surface area (Å²) in [5.41, 5.74) is 1.84. The molecule has 23 heavy (non-hydrogen) atoms. The van der Waals surface area contributed by atoms with Crippen LogP contribution in [0.3, 0.4) is 0 Å². The summed E-state index contributed by atoms with van der Waals surface area (Å²) in [6, 6.07) is 17.4. The van der Waals surface area contributed by atoms with Gasteiger partial charge in [-0.05, 0) is 31.2 Å². The first kappa shape index (κ1) is 15.4. The van der Waals surface area contributed by atoms with E-state index in [1.807, 2.05) is 55.6 Å². The summed E-state index contributed by atoms with van der Waals surface area (Å²) in [5, 5.41) is 0. The number of rotatable bonds is 4. The van der Waals surface area contributed by atoms with Crippen molar-refractivity contribution in [3.05, 3.63) is 60.2 Å². The maximum absolute atomic E-state index is 12.5. The van der Waals surface area contributed by atoms with Crippen LogP contribution >= 0.6 is 0 Å². The van der Waals surface area contributed by atoms with Gasteiger partial charge in [0.25, 0.3) is 5.91 Å². The fourth-order valence-corrected chi connectivity index (χ4v) is 2.96. The first-order chi connectivity index (χ1) is 11.2. The third-order valence-corrected chi connectivity index (χ3v) is 4.15. The number of nitrogens with zero attached hydrogens (tertiary/aromatic N) is 2. The third-order valence-electron chi connectivity index (χ3n) is 4.15. The van der Waals surface area contributed by atoms with Crippen LogP contribution in [0.25, 0.3) is 0 Å². The SMILES string of the molecule is CCN1CC(CN(C)C(=O)c2ccccc2)Oc2ccccc21. The number of para-hydroxylation sites is 2. The van der Waals surface area contributed by atoms with Crippen LogP contribution in [0.5, 0.6) is 5.75 Å². The summed E-state index contributed by atoms with van der Waals surface area (Å²) < 4.78 is 6.09. The fraction of sp³-hybridized carbons (Fsp3) is 0.316. The van der Waals surface area contributed by atoms with Gasteiger partial charge in [-0.3, -0.25) is 4.79 Å². The van der Waals surface area contributed by atoms with Gasteiger partial charge in [0.15, 0.2) is 0 Å². The zero-order valence-corrected chi connectivity index (χ0v) is 13.6. The number of anilines is 1. The Balaban J connectivity index is 1.70. The molecule has 0 fully saturated rings. The lowest BCUT2D eigenvalue weighted by Crippen LogP contribution is -2.46. The molecule has 3 rings (SSSR count). The molecule has 0 aliphatic carbocycles. The Morgan fingerprint density at radius 3 is 2.61 bits per heavy atom. The van der Waals surface area contributed by atoms with Gasteiger partial charge in [0, 0.05) is 19.2 Å². The number of benzene rings is 2. The van der Waals surface area contributed by atoms with Gasteiger partial charge in [-0.25, -0.2) is 0 Å². The van der Waals surface area contributed by atoms with Gasteiger partial charge < -0.3 is 14.5 Å². The number of carbonyl (C=O) groups excluding carboxylic acids is 1. The number of carbonyl (C=O) groups is 1. The minimum atomic E-state index is -0.0255. The highest BCUT2D eigenvalue weighted by atomic mass is 16.5. The molecule has 0 spiro atoms. The summed E-state index contributed by atoms with van der Waals surface area (Å²) in [6.45, 7) is 4.42. The zero-order valence-electron chi connectivity index (χ0n) is 13.6. The van der Waals surface area contributed by atoms with Crippen LogP contribution in [0.4, 0.5) is 5.69 Å². The summed E-state index contributed by atoms with van der Waals surface area (Å²) in [4.78, 5) is 16.5. The predicted molar refractivity (Wildman–Crippen MR) is 92.1 cm³/mol. The highest BCUT2D eigenvalue weighted by Crippen LogP contribution is 2.32. The molecular formula is C19H22N2O2. The number of hydrogen-bond acceptors (Lipinski definition) is 3. The van der Waals surface area contributed by atoms with Crippen molar-refractivity contribution in [3.63, 3.8) is 0 Å². The summed E-state index contributed by atoms with van der Waals surface area (Å²) in [6.07, 6.45) is -0.0255. The minimum absolute atomic E-state index is 0.0242. The molecular weight excluding hydrogens is 288 g/mol. The van der Waals surface area contributed by atoms with E-state index in [4.69, 9.17) is 4.74 Å². The van der Waals surface area contributed by atoms with Crippen molar-refractivity contribution < 1.29 is 9.53 Å². The number of fused-ring (bicyclic) bond motifs is 1. The van der Waals surface area contributed by atoms with E-state index in [-0.39, 0.29) is 12.0 Å². The van der Waals surface area contributed by atoms with Crippen molar-refractivity contribution in [2.24, 2.45) is 0 Å². The molecule has 0 saturated heterocycles. The Morgan fingerprint density at radius 2 is 1.87 bits per heavy atom. The van der Waals surface area contributed by atoms with Crippen molar-refractivity contribution in [3.8, 4) is 5.75 Å². The lowest BCUT2D eigenvalue weighted by Gasteiger charge is -2.37. The molecule has 2 aromatic carbocycles. The van der Waals surface area contributed by atoms with Crippen LogP contribution in [0.1, 0.15) is 17.3 Å². The van der Waals surface area contributed by atoms with E-state index in [0.717, 1.165) is 24.5 Å². The van der Waals surface area contributed by atoms with E-state index in [2.05, 4.69) is 17.9 Å². The highest BCUT2D eigenvalue weighted by molar-refractivity contribution is 5.94. The van der Waals surface area contributed by atoms with Crippen LogP contribution in [0, 0.1) is 0 Å². The molecule has 0 radical (unpaired) electrons. The second-order valence-electron chi connectivity index (χ2n) is 5.80. The average Bonchev–Trinajstić information content (AvgIpc) is 2.61. The molecule has 2 aromatic rings. The Bertz CT molecular complexity index is 672. The molecule has 1 unspecified atom stereocenters. The predicted octanol–water partition coefficient (Wildman–Crippen LogP) is 3.05. The summed E-state index contributed by atoms with van der Waals surface area (Å²) in [5.74, 6) is 0.919. The van der Waals surface area contributed by atoms with Crippen LogP contribution in [-0.4, -0.2) is 43.6 Å². The van der Waals surface area contributed by atoms with Crippen LogP contribution in [0.15, 0.2) is 54.6 Å². The molecule has 4 heteroatoms. The monoisotopic (exact) mass is 310 g/mol. The number of likely N-dealkylation sites (N-methyl/N-ethyl adjacent to an activating group) is 2. The molecule has 0 bridgehead atoms. The smallest absolute Gasteiger partial charge is 0.253 e. The summed E-state index contributed by atoms with van der Waals surface area (Å²) >= 11 is 0. The molecule has 4 nitrogen and oxygen atoms in total. The molecule has 1 amide bonds. The van der Waals surface area contributed by atoms with Crippen LogP contribution < -0.4 is 9.64 Å². The van der Waals surface area contributed by atoms with Gasteiger partial charge in [0.1, 0.15) is 11.9 Å². The first-order valence-corrected chi connectivity index (χ1v) is 8.00. The molecule has 1 heterocycles. The molecule has 0 aromatic heterocycles. The summed E-state index contributed by atoms with van der Waals surface area (Å²) in [7, 11) is 1.83. The Labute approximate surface area is 137 Å². The molecule has 0 N–H and O–H groups in total. The van der Waals surface area contributed by atoms with Gasteiger partial charge in [0.05, 0.1) is 18.8 Å². The highest BCUT2D eigenvalue weighted by Gasteiger charge is 2.26. The van der Waals surface area contributed by atoms with Gasteiger partial charge in [-0.15, -0.1) is 0 Å². The Hall–Kier alpha value is -2.49. The van der Waals surface area contributed by atoms with Gasteiger partial charge in [-0.2, -0.15) is 0 Å². The standard InChI is InChI=1S/C19H22N2O2/c1-3-21-14-16(23-18-12-8-7-11-17(18)21)13-20(2)19(22)15-9-5-4-6-10-15/h4-12,16H,3,13-14H2,1-2H3. The van der Waals surface area contributed by atoms with E-state index in [1.54, 1.807) is 4.90 Å². The zero-order chi connectivity index (χ0) is 16.2. The molecule has 1 atom stereocenters. The number of ether oxygens (including phenoxy) is 1. The number of amides is 1. The van der Waals surface area contributed by atoms with Crippen molar-refractivity contribution in [1.29, 1.82) is 0 Å². The normalized spacial score (nSPS) is 16.4. The van der Waals surface area contributed by atoms with E-state index >= 15 is 0 Å². The van der Waals surface area contributed by atoms with Crippen LogP contribution in [-0.2, 0) is 0 Å². The molecule has 0 saturated carbocycles.